The molecule has 0 aromatic rings. The number of likely N-dealkylation sites (N-methyl/N-ethyl adjacent to an activating group) is 1. The average molecular weight is 282 g/mol. The van der Waals surface area contributed by atoms with Crippen LogP contribution >= 0.6 is 0 Å². The molecule has 1 N–H and O–H groups in total. The number of carbonyl (C=O) groups is 1. The summed E-state index contributed by atoms with van der Waals surface area (Å²) < 4.78 is 5.29. The molecule has 0 heterocycles. The van der Waals surface area contributed by atoms with Gasteiger partial charge in [0.1, 0.15) is 5.54 Å². The van der Waals surface area contributed by atoms with Gasteiger partial charge in [-0.25, -0.2) is 0 Å². The lowest BCUT2D eigenvalue weighted by Gasteiger charge is -2.42. The van der Waals surface area contributed by atoms with Crippen LogP contribution in [0.3, 0.4) is 0 Å². The zero-order valence-electron chi connectivity index (χ0n) is 13.4. The minimum Gasteiger partial charge on any atom is -0.465 e. The molecule has 2 rings (SSSR count). The van der Waals surface area contributed by atoms with E-state index in [-0.39, 0.29) is 5.97 Å². The second-order valence-electron chi connectivity index (χ2n) is 6.72. The van der Waals surface area contributed by atoms with Gasteiger partial charge in [-0.2, -0.15) is 0 Å². The van der Waals surface area contributed by atoms with Crippen LogP contribution in [0.2, 0.25) is 0 Å². The Kier molecular flexibility index (Phi) is 5.08. The third kappa shape index (κ3) is 3.34. The Morgan fingerprint density at radius 2 is 2.20 bits per heavy atom. The molecule has 2 saturated carbocycles. The highest BCUT2D eigenvalue weighted by molar-refractivity contribution is 5.81. The van der Waals surface area contributed by atoms with Gasteiger partial charge in [-0.05, 0) is 65.0 Å². The van der Waals surface area contributed by atoms with Crippen molar-refractivity contribution in [2.24, 2.45) is 11.8 Å². The zero-order valence-corrected chi connectivity index (χ0v) is 13.4. The molecule has 0 aromatic carbocycles. The van der Waals surface area contributed by atoms with Crippen LogP contribution < -0.4 is 5.32 Å². The van der Waals surface area contributed by atoms with E-state index in [1.54, 1.807) is 0 Å². The van der Waals surface area contributed by atoms with Gasteiger partial charge in [-0.1, -0.05) is 6.92 Å². The molecule has 2 fully saturated rings. The van der Waals surface area contributed by atoms with Crippen molar-refractivity contribution in [3.05, 3.63) is 0 Å². The van der Waals surface area contributed by atoms with Gasteiger partial charge in [0.05, 0.1) is 6.61 Å². The van der Waals surface area contributed by atoms with Gasteiger partial charge in [-0.15, -0.1) is 0 Å². The van der Waals surface area contributed by atoms with E-state index >= 15 is 0 Å². The van der Waals surface area contributed by atoms with Crippen molar-refractivity contribution in [1.82, 2.24) is 10.2 Å². The van der Waals surface area contributed by atoms with Crippen LogP contribution in [0.25, 0.3) is 0 Å². The molecule has 20 heavy (non-hydrogen) atoms. The summed E-state index contributed by atoms with van der Waals surface area (Å²) in [4.78, 5) is 14.8. The Bertz CT molecular complexity index is 347. The van der Waals surface area contributed by atoms with Gasteiger partial charge in [0, 0.05) is 12.6 Å². The maximum atomic E-state index is 12.3. The second kappa shape index (κ2) is 6.44. The Balaban J connectivity index is 1.96. The molecular formula is C16H30N2O2. The highest BCUT2D eigenvalue weighted by Crippen LogP contribution is 2.39. The number of hydrogen-bond acceptors (Lipinski definition) is 4. The standard InChI is InChI=1S/C16H30N2O2/c1-5-20-15(19)16(17-3)8-6-7-14(10-16)18(4)11-13-9-12(13)2/h12-14,17H,5-11H2,1-4H3. The van der Waals surface area contributed by atoms with Gasteiger partial charge < -0.3 is 15.0 Å². The predicted octanol–water partition coefficient (Wildman–Crippen LogP) is 2.04. The Labute approximate surface area is 123 Å². The smallest absolute Gasteiger partial charge is 0.326 e. The van der Waals surface area contributed by atoms with Crippen LogP contribution in [0.4, 0.5) is 0 Å². The fourth-order valence-electron chi connectivity index (χ4n) is 3.58. The molecule has 0 saturated heterocycles. The van der Waals surface area contributed by atoms with E-state index in [4.69, 9.17) is 4.74 Å². The maximum absolute atomic E-state index is 12.3. The first-order valence-corrected chi connectivity index (χ1v) is 8.08. The van der Waals surface area contributed by atoms with Crippen LogP contribution in [0.5, 0.6) is 0 Å². The first-order chi connectivity index (χ1) is 9.52. The monoisotopic (exact) mass is 282 g/mol. The first kappa shape index (κ1) is 15.8. The van der Waals surface area contributed by atoms with Gasteiger partial charge in [-0.3, -0.25) is 4.79 Å². The van der Waals surface area contributed by atoms with E-state index in [1.165, 1.54) is 19.4 Å². The van der Waals surface area contributed by atoms with E-state index in [1.807, 2.05) is 14.0 Å². The van der Waals surface area contributed by atoms with Gasteiger partial charge in [0.25, 0.3) is 0 Å². The molecule has 2 aliphatic carbocycles. The average Bonchev–Trinajstić information content (AvgIpc) is 3.14. The quantitative estimate of drug-likeness (QED) is 0.757. The minimum absolute atomic E-state index is 0.0691. The summed E-state index contributed by atoms with van der Waals surface area (Å²) in [6.45, 7) is 5.84. The molecule has 4 unspecified atom stereocenters. The Morgan fingerprint density at radius 1 is 1.50 bits per heavy atom. The van der Waals surface area contributed by atoms with Crippen LogP contribution in [0.15, 0.2) is 0 Å². The van der Waals surface area contributed by atoms with Gasteiger partial charge >= 0.3 is 5.97 Å². The van der Waals surface area contributed by atoms with Crippen LogP contribution in [0, 0.1) is 11.8 Å². The molecule has 4 nitrogen and oxygen atoms in total. The van der Waals surface area contributed by atoms with E-state index < -0.39 is 5.54 Å². The Morgan fingerprint density at radius 3 is 2.75 bits per heavy atom. The van der Waals surface area contributed by atoms with E-state index in [2.05, 4.69) is 24.2 Å². The summed E-state index contributed by atoms with van der Waals surface area (Å²) in [5, 5.41) is 3.26. The third-order valence-corrected chi connectivity index (χ3v) is 5.29. The highest BCUT2D eigenvalue weighted by atomic mass is 16.5. The molecule has 4 atom stereocenters. The molecular weight excluding hydrogens is 252 g/mol. The molecule has 0 radical (unpaired) electrons. The fourth-order valence-corrected chi connectivity index (χ4v) is 3.58. The topological polar surface area (TPSA) is 41.6 Å². The number of carbonyl (C=O) groups excluding carboxylic acids is 1. The predicted molar refractivity (Wildman–Crippen MR) is 80.6 cm³/mol. The highest BCUT2D eigenvalue weighted by Gasteiger charge is 2.44. The summed E-state index contributed by atoms with van der Waals surface area (Å²) in [6, 6.07) is 0.494. The lowest BCUT2D eigenvalue weighted by Crippen LogP contribution is -2.57. The van der Waals surface area contributed by atoms with E-state index in [9.17, 15) is 4.79 Å². The zero-order chi connectivity index (χ0) is 14.8. The lowest BCUT2D eigenvalue weighted by atomic mass is 9.78. The third-order valence-electron chi connectivity index (χ3n) is 5.29. The Hall–Kier alpha value is -0.610. The molecule has 116 valence electrons. The summed E-state index contributed by atoms with van der Waals surface area (Å²) in [5.41, 5.74) is -0.470. The molecule has 0 bridgehead atoms. The largest absolute Gasteiger partial charge is 0.465 e. The summed E-state index contributed by atoms with van der Waals surface area (Å²) in [7, 11) is 4.11. The minimum atomic E-state index is -0.470. The van der Waals surface area contributed by atoms with Crippen molar-refractivity contribution in [3.63, 3.8) is 0 Å². The summed E-state index contributed by atoms with van der Waals surface area (Å²) in [5.74, 6) is 1.69. The fraction of sp³-hybridized carbons (Fsp3) is 0.938. The van der Waals surface area contributed by atoms with Crippen LogP contribution in [-0.4, -0.2) is 49.7 Å². The molecule has 2 aliphatic rings. The van der Waals surface area contributed by atoms with Crippen molar-refractivity contribution in [2.45, 2.75) is 57.5 Å². The SMILES string of the molecule is CCOC(=O)C1(NC)CCCC(N(C)CC2CC2C)C1. The number of nitrogens with one attached hydrogen (secondary N) is 1. The van der Waals surface area contributed by atoms with Crippen molar-refractivity contribution in [1.29, 1.82) is 0 Å². The summed E-state index contributed by atoms with van der Waals surface area (Å²) in [6.07, 6.45) is 5.42. The first-order valence-electron chi connectivity index (χ1n) is 8.08. The van der Waals surface area contributed by atoms with Crippen molar-refractivity contribution in [2.75, 3.05) is 27.2 Å². The maximum Gasteiger partial charge on any atom is 0.326 e. The molecule has 0 aromatic heterocycles. The lowest BCUT2D eigenvalue weighted by molar-refractivity contribution is -0.153. The molecule has 0 amide bonds. The van der Waals surface area contributed by atoms with E-state index in [0.29, 0.717) is 12.6 Å². The number of hydrogen-bond donors (Lipinski definition) is 1. The molecule has 0 spiro atoms. The van der Waals surface area contributed by atoms with Crippen LogP contribution in [0.1, 0.15) is 46.0 Å². The number of esters is 1. The number of ether oxygens (including phenoxy) is 1. The van der Waals surface area contributed by atoms with Crippen molar-refractivity contribution < 1.29 is 9.53 Å². The van der Waals surface area contributed by atoms with Crippen molar-refractivity contribution in [3.8, 4) is 0 Å². The van der Waals surface area contributed by atoms with Crippen LogP contribution in [-0.2, 0) is 9.53 Å². The summed E-state index contributed by atoms with van der Waals surface area (Å²) >= 11 is 0. The van der Waals surface area contributed by atoms with Crippen molar-refractivity contribution >= 4 is 5.97 Å². The molecule has 0 aliphatic heterocycles. The number of rotatable bonds is 6. The van der Waals surface area contributed by atoms with E-state index in [0.717, 1.165) is 31.1 Å². The van der Waals surface area contributed by atoms with Gasteiger partial charge in [0.15, 0.2) is 0 Å². The second-order valence-corrected chi connectivity index (χ2v) is 6.72. The molecule has 4 heteroatoms. The number of nitrogens with zero attached hydrogens (tertiary/aromatic N) is 1. The van der Waals surface area contributed by atoms with Gasteiger partial charge in [0.2, 0.25) is 0 Å². The normalized spacial score (nSPS) is 37.0.